The monoisotopic (exact) mass is 182 g/mol. The molecule has 74 valence electrons. The summed E-state index contributed by atoms with van der Waals surface area (Å²) in [6.45, 7) is 4.67. The van der Waals surface area contributed by atoms with Crippen LogP contribution in [-0.2, 0) is 4.79 Å². The van der Waals surface area contributed by atoms with E-state index in [1.165, 1.54) is 0 Å². The van der Waals surface area contributed by atoms with Gasteiger partial charge in [-0.25, -0.2) is 0 Å². The lowest BCUT2D eigenvalue weighted by atomic mass is 10.0. The third-order valence-corrected chi connectivity index (χ3v) is 2.28. The molecule has 0 amide bonds. The van der Waals surface area contributed by atoms with Gasteiger partial charge in [0, 0.05) is 32.4 Å². The van der Waals surface area contributed by atoms with Crippen LogP contribution in [0.5, 0.6) is 0 Å². The molecule has 13 heavy (non-hydrogen) atoms. The van der Waals surface area contributed by atoms with E-state index in [-0.39, 0.29) is 5.78 Å². The van der Waals surface area contributed by atoms with Crippen LogP contribution < -0.4 is 0 Å². The molecule has 0 atom stereocenters. The minimum absolute atomic E-state index is 0.279. The lowest BCUT2D eigenvalue weighted by Gasteiger charge is -2.26. The van der Waals surface area contributed by atoms with E-state index in [4.69, 9.17) is 0 Å². The molecule has 1 rings (SSSR count). The van der Waals surface area contributed by atoms with Gasteiger partial charge in [0.2, 0.25) is 0 Å². The van der Waals surface area contributed by atoms with Crippen molar-refractivity contribution in [2.75, 3.05) is 33.7 Å². The highest BCUT2D eigenvalue weighted by molar-refractivity contribution is 5.97. The molecule has 0 aliphatic carbocycles. The molecule has 0 N–H and O–H groups in total. The summed E-state index contributed by atoms with van der Waals surface area (Å²) in [4.78, 5) is 15.7. The van der Waals surface area contributed by atoms with Crippen LogP contribution in [0.2, 0.25) is 0 Å². The maximum atomic E-state index is 11.6. The summed E-state index contributed by atoms with van der Waals surface area (Å²) in [7, 11) is 3.90. The van der Waals surface area contributed by atoms with Crippen LogP contribution in [0.15, 0.2) is 11.8 Å². The second-order valence-electron chi connectivity index (χ2n) is 3.66. The molecule has 0 spiro atoms. The first-order chi connectivity index (χ1) is 6.13. The van der Waals surface area contributed by atoms with Gasteiger partial charge in [0.15, 0.2) is 5.78 Å². The second-order valence-corrected chi connectivity index (χ2v) is 3.66. The van der Waals surface area contributed by atoms with E-state index in [0.717, 1.165) is 25.1 Å². The van der Waals surface area contributed by atoms with E-state index >= 15 is 0 Å². The molecule has 1 aliphatic heterocycles. The Labute approximate surface area is 80.0 Å². The summed E-state index contributed by atoms with van der Waals surface area (Å²) in [5.74, 6) is 0.279. The number of nitrogens with zero attached hydrogens (tertiary/aromatic N) is 2. The molecule has 0 radical (unpaired) electrons. The Balaban J connectivity index is 2.58. The number of Topliss-reactive ketones (excluding diaryl/α,β-unsaturated/α-hetero) is 1. The van der Waals surface area contributed by atoms with E-state index in [2.05, 4.69) is 11.8 Å². The summed E-state index contributed by atoms with van der Waals surface area (Å²) in [6, 6.07) is 0. The first kappa shape index (κ1) is 10.3. The molecule has 0 aromatic heterocycles. The van der Waals surface area contributed by atoms with Gasteiger partial charge in [-0.3, -0.25) is 9.69 Å². The van der Waals surface area contributed by atoms with Crippen molar-refractivity contribution in [1.29, 1.82) is 0 Å². The molecule has 0 bridgehead atoms. The molecule has 0 aromatic carbocycles. The van der Waals surface area contributed by atoms with Gasteiger partial charge in [-0.15, -0.1) is 0 Å². The van der Waals surface area contributed by atoms with Crippen LogP contribution in [0.25, 0.3) is 0 Å². The van der Waals surface area contributed by atoms with Gasteiger partial charge >= 0.3 is 0 Å². The predicted octanol–water partition coefficient (Wildman–Crippen LogP) is 0.727. The molecular weight excluding hydrogens is 164 g/mol. The average molecular weight is 182 g/mol. The Morgan fingerprint density at radius 2 is 2.23 bits per heavy atom. The van der Waals surface area contributed by atoms with E-state index in [1.54, 1.807) is 0 Å². The van der Waals surface area contributed by atoms with Crippen molar-refractivity contribution in [3.8, 4) is 0 Å². The minimum atomic E-state index is 0.279. The van der Waals surface area contributed by atoms with Crippen molar-refractivity contribution in [3.05, 3.63) is 11.8 Å². The van der Waals surface area contributed by atoms with Gasteiger partial charge in [-0.2, -0.15) is 0 Å². The van der Waals surface area contributed by atoms with Gasteiger partial charge in [0.05, 0.1) is 6.54 Å². The van der Waals surface area contributed by atoms with Crippen molar-refractivity contribution in [2.24, 2.45) is 0 Å². The Morgan fingerprint density at radius 3 is 2.69 bits per heavy atom. The number of ketones is 1. The van der Waals surface area contributed by atoms with Gasteiger partial charge in [0.1, 0.15) is 0 Å². The number of carbonyl (C=O) groups excluding carboxylic acids is 1. The van der Waals surface area contributed by atoms with E-state index in [0.29, 0.717) is 6.54 Å². The number of rotatable bonds is 2. The first-order valence-corrected chi connectivity index (χ1v) is 4.76. The summed E-state index contributed by atoms with van der Waals surface area (Å²) in [5, 5.41) is 0. The third-order valence-electron chi connectivity index (χ3n) is 2.28. The van der Waals surface area contributed by atoms with E-state index < -0.39 is 0 Å². The van der Waals surface area contributed by atoms with E-state index in [9.17, 15) is 4.79 Å². The molecule has 0 unspecified atom stereocenters. The van der Waals surface area contributed by atoms with Gasteiger partial charge < -0.3 is 4.90 Å². The summed E-state index contributed by atoms with van der Waals surface area (Å²) in [6.07, 6.45) is 2.83. The van der Waals surface area contributed by atoms with Gasteiger partial charge in [0.25, 0.3) is 0 Å². The van der Waals surface area contributed by atoms with Crippen molar-refractivity contribution >= 4 is 5.78 Å². The molecule has 3 nitrogen and oxygen atoms in total. The number of piperidine rings is 1. The fourth-order valence-electron chi connectivity index (χ4n) is 1.52. The van der Waals surface area contributed by atoms with E-state index in [1.807, 2.05) is 25.2 Å². The van der Waals surface area contributed by atoms with Crippen molar-refractivity contribution < 1.29 is 4.79 Å². The molecular formula is C10H18N2O. The Morgan fingerprint density at radius 1 is 1.54 bits per heavy atom. The molecule has 0 saturated carbocycles. The van der Waals surface area contributed by atoms with Crippen molar-refractivity contribution in [3.63, 3.8) is 0 Å². The SMILES string of the molecule is CCN1CCC(=CN(C)C)C(=O)C1. The summed E-state index contributed by atoms with van der Waals surface area (Å²) >= 11 is 0. The number of hydrogen-bond donors (Lipinski definition) is 0. The molecule has 0 aromatic rings. The molecule has 1 aliphatic rings. The standard InChI is InChI=1S/C10H18N2O/c1-4-12-6-5-9(7-11(2)3)10(13)8-12/h7H,4-6,8H2,1-3H3. The quantitative estimate of drug-likeness (QED) is 0.588. The number of hydrogen-bond acceptors (Lipinski definition) is 3. The zero-order valence-electron chi connectivity index (χ0n) is 8.71. The first-order valence-electron chi connectivity index (χ1n) is 4.76. The minimum Gasteiger partial charge on any atom is -0.383 e. The molecule has 1 fully saturated rings. The number of likely N-dealkylation sites (N-methyl/N-ethyl adjacent to an activating group) is 1. The largest absolute Gasteiger partial charge is 0.383 e. The Bertz CT molecular complexity index is 221. The molecule has 1 heterocycles. The highest BCUT2D eigenvalue weighted by Gasteiger charge is 2.19. The van der Waals surface area contributed by atoms with Crippen LogP contribution in [0.4, 0.5) is 0 Å². The zero-order valence-corrected chi connectivity index (χ0v) is 8.71. The third kappa shape index (κ3) is 2.84. The maximum Gasteiger partial charge on any atom is 0.174 e. The van der Waals surface area contributed by atoms with Gasteiger partial charge in [-0.05, 0) is 13.0 Å². The summed E-state index contributed by atoms with van der Waals surface area (Å²) < 4.78 is 0. The zero-order chi connectivity index (χ0) is 9.84. The van der Waals surface area contributed by atoms with Crippen LogP contribution in [0.3, 0.4) is 0 Å². The highest BCUT2D eigenvalue weighted by Crippen LogP contribution is 2.12. The smallest absolute Gasteiger partial charge is 0.174 e. The van der Waals surface area contributed by atoms with Crippen LogP contribution in [0, 0.1) is 0 Å². The number of carbonyl (C=O) groups is 1. The van der Waals surface area contributed by atoms with Crippen molar-refractivity contribution in [1.82, 2.24) is 9.80 Å². The van der Waals surface area contributed by atoms with Crippen LogP contribution in [-0.4, -0.2) is 49.3 Å². The van der Waals surface area contributed by atoms with Crippen molar-refractivity contribution in [2.45, 2.75) is 13.3 Å². The second kappa shape index (κ2) is 4.42. The Hall–Kier alpha value is -0.830. The van der Waals surface area contributed by atoms with Crippen LogP contribution in [0.1, 0.15) is 13.3 Å². The summed E-state index contributed by atoms with van der Waals surface area (Å²) in [5.41, 5.74) is 0.967. The molecule has 1 saturated heterocycles. The molecule has 3 heteroatoms. The maximum absolute atomic E-state index is 11.6. The Kier molecular flexibility index (Phi) is 3.48. The average Bonchev–Trinajstić information content (AvgIpc) is 2.08. The fraction of sp³-hybridized carbons (Fsp3) is 0.700. The predicted molar refractivity (Wildman–Crippen MR) is 53.5 cm³/mol. The number of likely N-dealkylation sites (tertiary alicyclic amines) is 1. The topological polar surface area (TPSA) is 23.6 Å². The lowest BCUT2D eigenvalue weighted by molar-refractivity contribution is -0.118. The van der Waals surface area contributed by atoms with Gasteiger partial charge in [-0.1, -0.05) is 6.92 Å². The lowest BCUT2D eigenvalue weighted by Crippen LogP contribution is -2.37. The van der Waals surface area contributed by atoms with Crippen LogP contribution >= 0.6 is 0 Å². The normalized spacial score (nSPS) is 22.4. The highest BCUT2D eigenvalue weighted by atomic mass is 16.1. The fourth-order valence-corrected chi connectivity index (χ4v) is 1.52.